The predicted octanol–water partition coefficient (Wildman–Crippen LogP) is 2.85. The Kier molecular flexibility index (Phi) is 4.62. The van der Waals surface area contributed by atoms with Crippen LogP contribution in [0, 0.1) is 11.6 Å². The van der Waals surface area contributed by atoms with E-state index in [2.05, 4.69) is 25.6 Å². The number of anilines is 2. The summed E-state index contributed by atoms with van der Waals surface area (Å²) in [5, 5.41) is 5.73. The van der Waals surface area contributed by atoms with E-state index in [-0.39, 0.29) is 17.8 Å². The van der Waals surface area contributed by atoms with Crippen LogP contribution in [0.4, 0.5) is 20.7 Å². The van der Waals surface area contributed by atoms with Gasteiger partial charge in [-0.1, -0.05) is 6.07 Å². The largest absolute Gasteiger partial charge is 0.354 e. The van der Waals surface area contributed by atoms with Crippen LogP contribution in [0.5, 0.6) is 0 Å². The maximum Gasteiger partial charge on any atom is 0.229 e. The second-order valence-electron chi connectivity index (χ2n) is 3.87. The Balaban J connectivity index is 2.10. The lowest BCUT2D eigenvalue weighted by atomic mass is 10.2. The molecule has 1 aromatic heterocycles. The van der Waals surface area contributed by atoms with E-state index in [1.165, 1.54) is 12.1 Å². The molecule has 106 valence electrons. The van der Waals surface area contributed by atoms with Gasteiger partial charge in [0.05, 0.1) is 0 Å². The van der Waals surface area contributed by atoms with E-state index in [0.717, 1.165) is 6.07 Å². The van der Waals surface area contributed by atoms with Crippen LogP contribution in [-0.4, -0.2) is 21.5 Å². The number of rotatable bonds is 5. The van der Waals surface area contributed by atoms with Crippen molar-refractivity contribution in [3.8, 4) is 0 Å². The molecule has 1 aromatic carbocycles. The van der Waals surface area contributed by atoms with Crippen molar-refractivity contribution < 1.29 is 8.78 Å². The minimum absolute atomic E-state index is 0.0260. The number of hydrogen-bond acceptors (Lipinski definition) is 5. The van der Waals surface area contributed by atoms with Crippen LogP contribution in [-0.2, 0) is 6.54 Å². The number of aromatic nitrogens is 3. The zero-order valence-corrected chi connectivity index (χ0v) is 11.4. The van der Waals surface area contributed by atoms with Gasteiger partial charge in [0.15, 0.2) is 0 Å². The van der Waals surface area contributed by atoms with Gasteiger partial charge in [-0.3, -0.25) is 0 Å². The average molecular weight is 300 g/mol. The topological polar surface area (TPSA) is 62.7 Å². The number of nitrogens with zero attached hydrogens (tertiary/aromatic N) is 3. The van der Waals surface area contributed by atoms with Crippen molar-refractivity contribution in [2.75, 3.05) is 17.2 Å². The highest BCUT2D eigenvalue weighted by molar-refractivity contribution is 6.28. The molecule has 5 nitrogen and oxygen atoms in total. The van der Waals surface area contributed by atoms with Crippen molar-refractivity contribution in [3.05, 3.63) is 40.7 Å². The van der Waals surface area contributed by atoms with Crippen LogP contribution >= 0.6 is 11.6 Å². The quantitative estimate of drug-likeness (QED) is 0.889. The Bertz CT molecular complexity index is 608. The molecule has 20 heavy (non-hydrogen) atoms. The fourth-order valence-corrected chi connectivity index (χ4v) is 1.67. The molecule has 0 unspecified atom stereocenters. The molecule has 2 N–H and O–H groups in total. The number of benzene rings is 1. The summed E-state index contributed by atoms with van der Waals surface area (Å²) in [7, 11) is 0. The van der Waals surface area contributed by atoms with Crippen molar-refractivity contribution >= 4 is 23.5 Å². The number of hydrogen-bond donors (Lipinski definition) is 2. The standard InChI is InChI=1S/C12H12ClF2N5/c1-2-16-11-18-10(13)19-12(20-11)17-6-7-3-4-8(14)5-9(7)15/h3-5H,2,6H2,1H3,(H2,16,17,18,19,20). The summed E-state index contributed by atoms with van der Waals surface area (Å²) < 4.78 is 26.2. The lowest BCUT2D eigenvalue weighted by molar-refractivity contribution is 0.574. The molecule has 2 aromatic rings. The smallest absolute Gasteiger partial charge is 0.229 e. The van der Waals surface area contributed by atoms with Crippen LogP contribution < -0.4 is 10.6 Å². The SMILES string of the molecule is CCNc1nc(Cl)nc(NCc2ccc(F)cc2F)n1. The molecule has 0 radical (unpaired) electrons. The Morgan fingerprint density at radius 3 is 2.45 bits per heavy atom. The first-order valence-corrected chi connectivity index (χ1v) is 6.29. The van der Waals surface area contributed by atoms with Gasteiger partial charge >= 0.3 is 0 Å². The summed E-state index contributed by atoms with van der Waals surface area (Å²) in [5.41, 5.74) is 0.299. The molecule has 8 heteroatoms. The first-order chi connectivity index (χ1) is 9.58. The van der Waals surface area contributed by atoms with Crippen LogP contribution in [0.25, 0.3) is 0 Å². The van der Waals surface area contributed by atoms with E-state index in [9.17, 15) is 8.78 Å². The summed E-state index contributed by atoms with van der Waals surface area (Å²) in [6, 6.07) is 3.36. The van der Waals surface area contributed by atoms with Crippen molar-refractivity contribution in [1.82, 2.24) is 15.0 Å². The zero-order valence-electron chi connectivity index (χ0n) is 10.6. The van der Waals surface area contributed by atoms with E-state index in [1.807, 2.05) is 6.92 Å². The van der Waals surface area contributed by atoms with Crippen LogP contribution in [0.15, 0.2) is 18.2 Å². The summed E-state index contributed by atoms with van der Waals surface area (Å²) in [6.07, 6.45) is 0. The maximum absolute atomic E-state index is 13.5. The van der Waals surface area contributed by atoms with Gasteiger partial charge < -0.3 is 10.6 Å². The maximum atomic E-state index is 13.5. The molecular weight excluding hydrogens is 288 g/mol. The molecule has 2 rings (SSSR count). The van der Waals surface area contributed by atoms with E-state index in [0.29, 0.717) is 18.1 Å². The fraction of sp³-hybridized carbons (Fsp3) is 0.250. The zero-order chi connectivity index (χ0) is 14.5. The predicted molar refractivity (Wildman–Crippen MR) is 72.7 cm³/mol. The molecule has 0 amide bonds. The summed E-state index contributed by atoms with van der Waals surface area (Å²) in [4.78, 5) is 11.8. The van der Waals surface area contributed by atoms with Gasteiger partial charge in [0.2, 0.25) is 17.2 Å². The fourth-order valence-electron chi connectivity index (χ4n) is 1.51. The lowest BCUT2D eigenvalue weighted by Gasteiger charge is -2.08. The Morgan fingerprint density at radius 1 is 1.10 bits per heavy atom. The first-order valence-electron chi connectivity index (χ1n) is 5.91. The summed E-state index contributed by atoms with van der Waals surface area (Å²) in [6.45, 7) is 2.63. The van der Waals surface area contributed by atoms with E-state index in [1.54, 1.807) is 0 Å². The van der Waals surface area contributed by atoms with Gasteiger partial charge in [0.1, 0.15) is 11.6 Å². The highest BCUT2D eigenvalue weighted by Gasteiger charge is 2.07. The monoisotopic (exact) mass is 299 g/mol. The lowest BCUT2D eigenvalue weighted by Crippen LogP contribution is -2.09. The molecule has 0 aliphatic rings. The van der Waals surface area contributed by atoms with Gasteiger partial charge in [-0.05, 0) is 24.6 Å². The highest BCUT2D eigenvalue weighted by atomic mass is 35.5. The third-order valence-corrected chi connectivity index (χ3v) is 2.56. The second-order valence-corrected chi connectivity index (χ2v) is 4.21. The molecule has 1 heterocycles. The molecule has 0 saturated heterocycles. The molecule has 0 atom stereocenters. The van der Waals surface area contributed by atoms with Crippen molar-refractivity contribution in [1.29, 1.82) is 0 Å². The third kappa shape index (κ3) is 3.74. The van der Waals surface area contributed by atoms with E-state index >= 15 is 0 Å². The van der Waals surface area contributed by atoms with Crippen LogP contribution in [0.3, 0.4) is 0 Å². The third-order valence-electron chi connectivity index (χ3n) is 2.40. The first kappa shape index (κ1) is 14.4. The average Bonchev–Trinajstić information content (AvgIpc) is 2.37. The van der Waals surface area contributed by atoms with Gasteiger partial charge in [0, 0.05) is 24.7 Å². The van der Waals surface area contributed by atoms with Gasteiger partial charge in [-0.15, -0.1) is 0 Å². The molecule has 0 fully saturated rings. The normalized spacial score (nSPS) is 10.4. The van der Waals surface area contributed by atoms with Crippen LogP contribution in [0.1, 0.15) is 12.5 Å². The summed E-state index contributed by atoms with van der Waals surface area (Å²) in [5.74, 6) is -0.715. The van der Waals surface area contributed by atoms with Crippen molar-refractivity contribution in [2.24, 2.45) is 0 Å². The minimum Gasteiger partial charge on any atom is -0.354 e. The van der Waals surface area contributed by atoms with Gasteiger partial charge in [0.25, 0.3) is 0 Å². The molecular formula is C12H12ClF2N5. The molecule has 0 bridgehead atoms. The van der Waals surface area contributed by atoms with Gasteiger partial charge in [-0.25, -0.2) is 8.78 Å². The Hall–Kier alpha value is -2.02. The molecule has 0 aliphatic heterocycles. The van der Waals surface area contributed by atoms with E-state index < -0.39 is 11.6 Å². The molecule has 0 spiro atoms. The van der Waals surface area contributed by atoms with Crippen molar-refractivity contribution in [2.45, 2.75) is 13.5 Å². The highest BCUT2D eigenvalue weighted by Crippen LogP contribution is 2.13. The van der Waals surface area contributed by atoms with Crippen molar-refractivity contribution in [3.63, 3.8) is 0 Å². The second kappa shape index (κ2) is 6.42. The van der Waals surface area contributed by atoms with Crippen LogP contribution in [0.2, 0.25) is 5.28 Å². The Labute approximate surface area is 119 Å². The number of nitrogens with one attached hydrogen (secondary N) is 2. The van der Waals surface area contributed by atoms with Gasteiger partial charge in [-0.2, -0.15) is 15.0 Å². The van der Waals surface area contributed by atoms with E-state index in [4.69, 9.17) is 11.6 Å². The number of halogens is 3. The Morgan fingerprint density at radius 2 is 1.80 bits per heavy atom. The minimum atomic E-state index is -0.635. The molecule has 0 saturated carbocycles. The molecule has 0 aliphatic carbocycles. The summed E-state index contributed by atoms with van der Waals surface area (Å²) >= 11 is 5.75.